The third-order valence-electron chi connectivity index (χ3n) is 5.73. The van der Waals surface area contributed by atoms with Gasteiger partial charge in [-0.3, -0.25) is 19.8 Å². The maximum atomic E-state index is 13.2. The zero-order chi connectivity index (χ0) is 18.5. The number of H-pyrrole nitrogens is 2. The normalized spacial score (nSPS) is 19.6. The molecular weight excluding hydrogens is 344 g/mol. The van der Waals surface area contributed by atoms with Crippen LogP contribution in [0.15, 0.2) is 16.9 Å². The Labute approximate surface area is 155 Å². The molecule has 5 rings (SSSR count). The van der Waals surface area contributed by atoms with Crippen LogP contribution in [0.5, 0.6) is 0 Å². The number of nitrogens with one attached hydrogen (secondary N) is 2. The molecule has 27 heavy (non-hydrogen) atoms. The van der Waals surface area contributed by atoms with Crippen molar-refractivity contribution >= 4 is 11.6 Å². The molecule has 1 atom stereocenters. The second-order valence-electron chi connectivity index (χ2n) is 7.53. The average Bonchev–Trinajstić information content (AvgIpc) is 3.38. The van der Waals surface area contributed by atoms with Gasteiger partial charge in [-0.2, -0.15) is 5.10 Å². The van der Waals surface area contributed by atoms with Crippen molar-refractivity contribution in [2.75, 3.05) is 6.54 Å². The minimum absolute atomic E-state index is 0.0213. The Bertz CT molecular complexity index is 1090. The highest BCUT2D eigenvalue weighted by atomic mass is 16.2. The van der Waals surface area contributed by atoms with E-state index in [2.05, 4.69) is 20.3 Å². The maximum Gasteiger partial charge on any atom is 0.275 e. The lowest BCUT2D eigenvalue weighted by molar-refractivity contribution is 0.0725. The smallest absolute Gasteiger partial charge is 0.275 e. The Kier molecular flexibility index (Phi) is 3.66. The summed E-state index contributed by atoms with van der Waals surface area (Å²) < 4.78 is 1.44. The fourth-order valence-electron chi connectivity index (χ4n) is 4.43. The van der Waals surface area contributed by atoms with Crippen LogP contribution in [0.4, 0.5) is 0 Å². The highest BCUT2D eigenvalue weighted by Gasteiger charge is 2.35. The first kappa shape index (κ1) is 16.3. The number of rotatable bonds is 2. The van der Waals surface area contributed by atoms with Crippen LogP contribution in [0.3, 0.4) is 0 Å². The number of fused-ring (bicyclic) bond motifs is 2. The van der Waals surface area contributed by atoms with Crippen molar-refractivity contribution in [3.8, 4) is 0 Å². The van der Waals surface area contributed by atoms with Crippen molar-refractivity contribution in [3.05, 3.63) is 50.8 Å². The monoisotopic (exact) mass is 366 g/mol. The summed E-state index contributed by atoms with van der Waals surface area (Å²) in [6, 6.07) is 3.29. The van der Waals surface area contributed by atoms with Crippen LogP contribution in [0.25, 0.3) is 5.65 Å². The van der Waals surface area contributed by atoms with Gasteiger partial charge in [0.2, 0.25) is 0 Å². The van der Waals surface area contributed by atoms with Crippen LogP contribution in [0.2, 0.25) is 0 Å². The Morgan fingerprint density at radius 1 is 1.22 bits per heavy atom. The molecule has 3 aromatic heterocycles. The highest BCUT2D eigenvalue weighted by molar-refractivity contribution is 5.94. The van der Waals surface area contributed by atoms with Gasteiger partial charge in [-0.15, -0.1) is 0 Å². The van der Waals surface area contributed by atoms with Crippen LogP contribution in [0.1, 0.15) is 64.9 Å². The number of aryl methyl sites for hydroxylation is 2. The van der Waals surface area contributed by atoms with Crippen LogP contribution >= 0.6 is 0 Å². The summed E-state index contributed by atoms with van der Waals surface area (Å²) in [4.78, 5) is 31.7. The van der Waals surface area contributed by atoms with Crippen LogP contribution in [-0.2, 0) is 12.8 Å². The van der Waals surface area contributed by atoms with Gasteiger partial charge >= 0.3 is 0 Å². The summed E-state index contributed by atoms with van der Waals surface area (Å²) in [5.74, 6) is -0.0213. The van der Waals surface area contributed by atoms with Crippen LogP contribution in [0, 0.1) is 6.92 Å². The van der Waals surface area contributed by atoms with Gasteiger partial charge in [-0.1, -0.05) is 0 Å². The summed E-state index contributed by atoms with van der Waals surface area (Å²) in [6.07, 6.45) is 5.92. The first-order chi connectivity index (χ1) is 13.1. The minimum Gasteiger partial charge on any atom is -0.329 e. The molecule has 1 fully saturated rings. The van der Waals surface area contributed by atoms with Crippen molar-refractivity contribution in [2.45, 2.75) is 51.5 Å². The van der Waals surface area contributed by atoms with E-state index in [-0.39, 0.29) is 17.5 Å². The SMILES string of the molecule is Cc1cc(=O)n2[nH]c([C@@H]3CCCN3C(=O)c3n[nH]c4c3CCCC4)cc2n1. The molecular formula is C19H22N6O2. The van der Waals surface area contributed by atoms with Crippen molar-refractivity contribution in [1.29, 1.82) is 0 Å². The Morgan fingerprint density at radius 2 is 2.07 bits per heavy atom. The fraction of sp³-hybridized carbons (Fsp3) is 0.474. The lowest BCUT2D eigenvalue weighted by Gasteiger charge is -2.23. The first-order valence-corrected chi connectivity index (χ1v) is 9.58. The maximum absolute atomic E-state index is 13.2. The lowest BCUT2D eigenvalue weighted by Crippen LogP contribution is -2.32. The van der Waals surface area contributed by atoms with Crippen molar-refractivity contribution in [3.63, 3.8) is 0 Å². The fourth-order valence-corrected chi connectivity index (χ4v) is 4.43. The Morgan fingerprint density at radius 3 is 2.96 bits per heavy atom. The van der Waals surface area contributed by atoms with Gasteiger partial charge in [0.1, 0.15) is 0 Å². The second-order valence-corrected chi connectivity index (χ2v) is 7.53. The molecule has 2 N–H and O–H groups in total. The minimum atomic E-state index is -0.138. The van der Waals surface area contributed by atoms with Gasteiger partial charge in [0.15, 0.2) is 11.3 Å². The standard InChI is InChI=1S/C19H22N6O2/c1-11-9-17(26)25-16(20-11)10-14(23-25)15-7-4-8-24(15)19(27)18-12-5-2-3-6-13(12)21-22-18/h9-10,15,23H,2-8H2,1H3,(H,21,22)/t15-/m0/s1. The molecule has 140 valence electrons. The number of hydrogen-bond acceptors (Lipinski definition) is 4. The summed E-state index contributed by atoms with van der Waals surface area (Å²) in [6.45, 7) is 2.50. The second kappa shape index (κ2) is 6.07. The van der Waals surface area contributed by atoms with Crippen molar-refractivity contribution in [1.82, 2.24) is 29.7 Å². The molecule has 0 bridgehead atoms. The van der Waals surface area contributed by atoms with E-state index in [0.717, 1.165) is 55.5 Å². The number of carbonyl (C=O) groups is 1. The number of nitrogens with zero attached hydrogens (tertiary/aromatic N) is 4. The largest absolute Gasteiger partial charge is 0.329 e. The molecule has 0 radical (unpaired) electrons. The summed E-state index contributed by atoms with van der Waals surface area (Å²) in [5, 5.41) is 10.5. The number of aromatic amines is 2. The van der Waals surface area contributed by atoms with Crippen LogP contribution in [-0.4, -0.2) is 42.1 Å². The molecule has 1 aliphatic heterocycles. The molecule has 1 amide bonds. The van der Waals surface area contributed by atoms with E-state index in [9.17, 15) is 9.59 Å². The molecule has 0 spiro atoms. The molecule has 0 unspecified atom stereocenters. The zero-order valence-corrected chi connectivity index (χ0v) is 15.3. The number of aromatic nitrogens is 5. The van der Waals surface area contributed by atoms with E-state index in [1.54, 1.807) is 6.92 Å². The Balaban J connectivity index is 1.50. The van der Waals surface area contributed by atoms with Crippen molar-refractivity contribution < 1.29 is 4.79 Å². The lowest BCUT2D eigenvalue weighted by atomic mass is 9.95. The first-order valence-electron chi connectivity index (χ1n) is 9.58. The van der Waals surface area contributed by atoms with Gasteiger partial charge in [-0.25, -0.2) is 9.50 Å². The number of likely N-dealkylation sites (tertiary alicyclic amines) is 1. The quantitative estimate of drug-likeness (QED) is 0.724. The van der Waals surface area contributed by atoms with Gasteiger partial charge in [-0.05, 0) is 45.4 Å². The third-order valence-corrected chi connectivity index (χ3v) is 5.73. The van der Waals surface area contributed by atoms with E-state index in [1.807, 2.05) is 11.0 Å². The van der Waals surface area contributed by atoms with E-state index < -0.39 is 0 Å². The van der Waals surface area contributed by atoms with Gasteiger partial charge in [0.25, 0.3) is 11.5 Å². The molecule has 4 heterocycles. The molecule has 3 aromatic rings. The van der Waals surface area contributed by atoms with Gasteiger partial charge in [0.05, 0.1) is 11.7 Å². The molecule has 1 aliphatic carbocycles. The molecule has 8 nitrogen and oxygen atoms in total. The molecule has 8 heteroatoms. The van der Waals surface area contributed by atoms with E-state index in [1.165, 1.54) is 10.6 Å². The summed E-state index contributed by atoms with van der Waals surface area (Å²) in [5.41, 5.74) is 4.75. The molecule has 0 aromatic carbocycles. The predicted octanol–water partition coefficient (Wildman–Crippen LogP) is 1.91. The summed E-state index contributed by atoms with van der Waals surface area (Å²) >= 11 is 0. The Hall–Kier alpha value is -2.90. The summed E-state index contributed by atoms with van der Waals surface area (Å²) in [7, 11) is 0. The van der Waals surface area contributed by atoms with E-state index in [0.29, 0.717) is 23.6 Å². The predicted molar refractivity (Wildman–Crippen MR) is 98.8 cm³/mol. The van der Waals surface area contributed by atoms with E-state index in [4.69, 9.17) is 0 Å². The zero-order valence-electron chi connectivity index (χ0n) is 15.3. The molecule has 0 saturated carbocycles. The topological polar surface area (TPSA) is 99.1 Å². The number of carbonyl (C=O) groups excluding carboxylic acids is 1. The average molecular weight is 366 g/mol. The molecule has 2 aliphatic rings. The van der Waals surface area contributed by atoms with E-state index >= 15 is 0 Å². The van der Waals surface area contributed by atoms with Crippen LogP contribution < -0.4 is 5.56 Å². The van der Waals surface area contributed by atoms with Crippen molar-refractivity contribution in [2.24, 2.45) is 0 Å². The van der Waals surface area contributed by atoms with Gasteiger partial charge < -0.3 is 4.90 Å². The molecule has 1 saturated heterocycles. The van der Waals surface area contributed by atoms with Gasteiger partial charge in [0, 0.05) is 35.6 Å². The third kappa shape index (κ3) is 2.58. The number of hydrogen-bond donors (Lipinski definition) is 2. The highest BCUT2D eigenvalue weighted by Crippen LogP contribution is 2.33. The number of amides is 1.